The Bertz CT molecular complexity index is 1380. The van der Waals surface area contributed by atoms with Gasteiger partial charge in [0.1, 0.15) is 12.1 Å². The molecule has 0 N–H and O–H groups in total. The van der Waals surface area contributed by atoms with E-state index in [1.807, 2.05) is 66.0 Å². The van der Waals surface area contributed by atoms with Crippen molar-refractivity contribution in [1.29, 1.82) is 0 Å². The van der Waals surface area contributed by atoms with Crippen LogP contribution in [0, 0.1) is 0 Å². The molecule has 1 aromatic heterocycles. The van der Waals surface area contributed by atoms with Gasteiger partial charge < -0.3 is 14.5 Å². The number of aromatic nitrogens is 2. The maximum atomic E-state index is 12.1. The lowest BCUT2D eigenvalue weighted by molar-refractivity contribution is -0.118. The first-order chi connectivity index (χ1) is 15.7. The van der Waals surface area contributed by atoms with Crippen LogP contribution in [0.15, 0.2) is 83.5 Å². The Morgan fingerprint density at radius 1 is 1.00 bits per heavy atom. The number of carbonyl (C=O) groups is 1. The van der Waals surface area contributed by atoms with Crippen molar-refractivity contribution >= 4 is 35.0 Å². The zero-order chi connectivity index (χ0) is 21.8. The van der Waals surface area contributed by atoms with Crippen LogP contribution >= 0.6 is 0 Å². The number of allylic oxidation sites excluding steroid dienone is 1. The molecule has 0 saturated heterocycles. The average Bonchev–Trinajstić information content (AvgIpc) is 2.81. The number of rotatable bonds is 0. The highest BCUT2D eigenvalue weighted by atomic mass is 16.5. The summed E-state index contributed by atoms with van der Waals surface area (Å²) in [6, 6.07) is 13.4. The maximum Gasteiger partial charge on any atom is 0.265 e. The summed E-state index contributed by atoms with van der Waals surface area (Å²) in [7, 11) is 0. The smallest absolute Gasteiger partial charge is 0.265 e. The summed E-state index contributed by atoms with van der Waals surface area (Å²) in [6.07, 6.45) is 11.9. The summed E-state index contributed by atoms with van der Waals surface area (Å²) in [5.74, 6) is 0.957. The molecule has 0 fully saturated rings. The van der Waals surface area contributed by atoms with Gasteiger partial charge in [0.15, 0.2) is 5.82 Å². The molecular formula is C24H20N6O2. The number of aliphatic imine (C=N–C) groups is 1. The molecule has 2 aromatic carbocycles. The maximum absolute atomic E-state index is 12.1. The third kappa shape index (κ3) is 4.39. The summed E-state index contributed by atoms with van der Waals surface area (Å²) in [6.45, 7) is 1.69. The molecule has 3 aromatic rings. The van der Waals surface area contributed by atoms with Crippen LogP contribution in [0.25, 0.3) is 17.1 Å². The van der Waals surface area contributed by atoms with Gasteiger partial charge in [0.2, 0.25) is 0 Å². The number of benzene rings is 2. The Kier molecular flexibility index (Phi) is 5.40. The standard InChI is InChI=1S/C24H20N6O2/c31-23-16-30-11-9-29(10-12-30)15-18-4-1-2-5-21(18)28-24-20-14-19(32-13-3-8-25-23)6-7-22(20)26-17-27-24/h1-9,11,13-15,17H,10,12,16H2/b13-3-,18-15-,25-8-,28-21-. The summed E-state index contributed by atoms with van der Waals surface area (Å²) in [5, 5.41) is 2.55. The Labute approximate surface area is 184 Å². The fourth-order valence-corrected chi connectivity index (χ4v) is 3.48. The number of para-hydroxylation sites is 1. The molecule has 1 amide bonds. The molecule has 0 radical (unpaired) electrons. The molecule has 158 valence electrons. The first kappa shape index (κ1) is 19.6. The van der Waals surface area contributed by atoms with Crippen LogP contribution in [0.3, 0.4) is 0 Å². The van der Waals surface area contributed by atoms with Gasteiger partial charge in [-0.05, 0) is 30.3 Å². The molecule has 4 bridgehead atoms. The van der Waals surface area contributed by atoms with E-state index in [4.69, 9.17) is 9.73 Å². The Morgan fingerprint density at radius 3 is 2.84 bits per heavy atom. The second kappa shape index (κ2) is 8.81. The second-order valence-electron chi connectivity index (χ2n) is 7.30. The molecule has 8 nitrogen and oxygen atoms in total. The normalized spacial score (nSPS) is 20.2. The first-order valence-electron chi connectivity index (χ1n) is 10.2. The van der Waals surface area contributed by atoms with Crippen molar-refractivity contribution in [2.45, 2.75) is 0 Å². The number of hydrogen-bond acceptors (Lipinski definition) is 7. The molecule has 0 aliphatic carbocycles. The highest BCUT2D eigenvalue weighted by Gasteiger charge is 2.11. The quantitative estimate of drug-likeness (QED) is 0.548. The van der Waals surface area contributed by atoms with Gasteiger partial charge in [0.25, 0.3) is 5.91 Å². The van der Waals surface area contributed by atoms with E-state index in [0.29, 0.717) is 18.1 Å². The number of hydrogen-bond donors (Lipinski definition) is 0. The third-order valence-electron chi connectivity index (χ3n) is 5.09. The summed E-state index contributed by atoms with van der Waals surface area (Å²) < 4.78 is 5.67. The predicted octanol–water partition coefficient (Wildman–Crippen LogP) is 1.91. The molecule has 32 heavy (non-hydrogen) atoms. The predicted molar refractivity (Wildman–Crippen MR) is 122 cm³/mol. The molecule has 0 saturated carbocycles. The van der Waals surface area contributed by atoms with Crippen LogP contribution in [0.4, 0.5) is 5.82 Å². The molecule has 0 spiro atoms. The molecule has 6 rings (SSSR count). The van der Waals surface area contributed by atoms with Crippen molar-refractivity contribution in [2.75, 3.05) is 19.6 Å². The van der Waals surface area contributed by atoms with E-state index < -0.39 is 0 Å². The van der Waals surface area contributed by atoms with Gasteiger partial charge in [0, 0.05) is 48.5 Å². The minimum Gasteiger partial charge on any atom is -0.465 e. The molecular weight excluding hydrogens is 404 g/mol. The van der Waals surface area contributed by atoms with Crippen molar-refractivity contribution < 1.29 is 9.53 Å². The van der Waals surface area contributed by atoms with Gasteiger partial charge in [-0.1, -0.05) is 18.2 Å². The number of fused-ring (bicyclic) bond motifs is 5. The fourth-order valence-electron chi connectivity index (χ4n) is 3.48. The summed E-state index contributed by atoms with van der Waals surface area (Å²) in [4.78, 5) is 33.7. The van der Waals surface area contributed by atoms with Gasteiger partial charge >= 0.3 is 0 Å². The molecule has 0 atom stereocenters. The fraction of sp³-hybridized carbons (Fsp3) is 0.125. The van der Waals surface area contributed by atoms with Crippen LogP contribution in [0.5, 0.6) is 5.75 Å². The topological polar surface area (TPSA) is 83.3 Å². The number of nitrogens with zero attached hydrogens (tertiary/aromatic N) is 6. The lowest BCUT2D eigenvalue weighted by Gasteiger charge is -2.28. The monoisotopic (exact) mass is 424 g/mol. The van der Waals surface area contributed by atoms with E-state index in [0.717, 1.165) is 28.0 Å². The van der Waals surface area contributed by atoms with Crippen molar-refractivity contribution in [3.8, 4) is 5.75 Å². The van der Waals surface area contributed by atoms with Crippen LogP contribution in [0.2, 0.25) is 0 Å². The van der Waals surface area contributed by atoms with Crippen LogP contribution in [-0.2, 0) is 4.79 Å². The van der Waals surface area contributed by atoms with Crippen molar-refractivity contribution in [3.63, 3.8) is 0 Å². The average molecular weight is 424 g/mol. The van der Waals surface area contributed by atoms with Crippen LogP contribution in [0.1, 0.15) is 0 Å². The van der Waals surface area contributed by atoms with Gasteiger partial charge in [0.05, 0.1) is 23.7 Å². The number of carbonyl (C=O) groups excluding carboxylic acids is 1. The van der Waals surface area contributed by atoms with Gasteiger partial charge in [-0.3, -0.25) is 4.79 Å². The largest absolute Gasteiger partial charge is 0.465 e. The van der Waals surface area contributed by atoms with Gasteiger partial charge in [-0.15, -0.1) is 0 Å². The minimum atomic E-state index is -0.216. The van der Waals surface area contributed by atoms with Crippen molar-refractivity contribution in [1.82, 2.24) is 19.8 Å². The van der Waals surface area contributed by atoms with Crippen LogP contribution in [-0.4, -0.2) is 51.5 Å². The highest BCUT2D eigenvalue weighted by Crippen LogP contribution is 2.25. The van der Waals surface area contributed by atoms with E-state index in [1.165, 1.54) is 18.8 Å². The summed E-state index contributed by atoms with van der Waals surface area (Å²) >= 11 is 0. The Morgan fingerprint density at radius 2 is 1.94 bits per heavy atom. The molecule has 4 heterocycles. The lowest BCUT2D eigenvalue weighted by Crippen LogP contribution is -2.36. The zero-order valence-electron chi connectivity index (χ0n) is 17.2. The molecule has 3 aliphatic heterocycles. The van der Waals surface area contributed by atoms with Crippen molar-refractivity contribution in [2.24, 2.45) is 9.98 Å². The van der Waals surface area contributed by atoms with E-state index in [9.17, 15) is 4.79 Å². The van der Waals surface area contributed by atoms with E-state index in [2.05, 4.69) is 19.9 Å². The lowest BCUT2D eigenvalue weighted by atomic mass is 10.2. The van der Waals surface area contributed by atoms with Gasteiger partial charge in [-0.2, -0.15) is 0 Å². The Hall–Kier alpha value is -4.33. The third-order valence-corrected chi connectivity index (χ3v) is 5.09. The molecule has 3 aliphatic rings. The SMILES string of the molecule is O=C1CN2C=CN(/C=c3/cccc/c3=N/c3ncnc4ccc(cc34)O/C=C\C=N/1)CC2. The van der Waals surface area contributed by atoms with Gasteiger partial charge in [-0.25, -0.2) is 20.0 Å². The Balaban J connectivity index is 1.67. The van der Waals surface area contributed by atoms with E-state index in [-0.39, 0.29) is 12.5 Å². The van der Waals surface area contributed by atoms with Crippen LogP contribution < -0.4 is 15.3 Å². The second-order valence-corrected chi connectivity index (χ2v) is 7.30. The van der Waals surface area contributed by atoms with E-state index >= 15 is 0 Å². The minimum absolute atomic E-state index is 0.216. The number of ether oxygens (including phenoxy) is 1. The molecule has 8 heteroatoms. The number of amides is 1. The molecule has 0 unspecified atom stereocenters. The van der Waals surface area contributed by atoms with E-state index in [1.54, 1.807) is 6.08 Å². The highest BCUT2D eigenvalue weighted by molar-refractivity contribution is 5.90. The summed E-state index contributed by atoms with van der Waals surface area (Å²) in [5.41, 5.74) is 0.772. The first-order valence-corrected chi connectivity index (χ1v) is 10.2. The van der Waals surface area contributed by atoms with Crippen molar-refractivity contribution in [3.05, 3.63) is 84.1 Å². The zero-order valence-corrected chi connectivity index (χ0v) is 17.2.